The van der Waals surface area contributed by atoms with Gasteiger partial charge in [0.1, 0.15) is 5.75 Å². The van der Waals surface area contributed by atoms with Crippen LogP contribution in [0.15, 0.2) is 18.2 Å². The Bertz CT molecular complexity index is 578. The van der Waals surface area contributed by atoms with Crippen LogP contribution in [-0.4, -0.2) is 23.1 Å². The van der Waals surface area contributed by atoms with E-state index in [0.717, 1.165) is 24.2 Å². The van der Waals surface area contributed by atoms with Crippen LogP contribution < -0.4 is 10.1 Å². The van der Waals surface area contributed by atoms with Gasteiger partial charge in [-0.2, -0.15) is 0 Å². The molecule has 0 aromatic heterocycles. The van der Waals surface area contributed by atoms with E-state index in [1.54, 1.807) is 0 Å². The molecule has 5 nitrogen and oxygen atoms in total. The topological polar surface area (TPSA) is 75.6 Å². The first-order valence-corrected chi connectivity index (χ1v) is 7.96. The van der Waals surface area contributed by atoms with Gasteiger partial charge in [0.25, 0.3) is 5.91 Å². The van der Waals surface area contributed by atoms with E-state index in [2.05, 4.69) is 5.32 Å². The largest absolute Gasteiger partial charge is 0.481 e. The van der Waals surface area contributed by atoms with Crippen LogP contribution in [0.5, 0.6) is 5.75 Å². The molecule has 5 heteroatoms. The van der Waals surface area contributed by atoms with Gasteiger partial charge >= 0.3 is 5.97 Å². The molecule has 22 heavy (non-hydrogen) atoms. The zero-order valence-corrected chi connectivity index (χ0v) is 12.5. The third-order valence-electron chi connectivity index (χ3n) is 4.50. The Balaban J connectivity index is 1.68. The van der Waals surface area contributed by atoms with Crippen LogP contribution in [0.4, 0.5) is 5.69 Å². The van der Waals surface area contributed by atoms with Gasteiger partial charge in [-0.1, -0.05) is 18.9 Å². The fraction of sp³-hybridized carbons (Fsp3) is 0.529. The first kappa shape index (κ1) is 14.9. The number of aryl methyl sites for hydroxylation is 1. The molecule has 118 valence electrons. The lowest BCUT2D eigenvalue weighted by atomic mass is 9.98. The van der Waals surface area contributed by atoms with Gasteiger partial charge in [0.15, 0.2) is 6.10 Å². The van der Waals surface area contributed by atoms with Crippen LogP contribution in [-0.2, 0) is 16.0 Å². The molecule has 1 amide bonds. The Morgan fingerprint density at radius 1 is 1.32 bits per heavy atom. The van der Waals surface area contributed by atoms with Crippen LogP contribution in [0.25, 0.3) is 0 Å². The van der Waals surface area contributed by atoms with Crippen molar-refractivity contribution < 1.29 is 19.4 Å². The Labute approximate surface area is 129 Å². The van der Waals surface area contributed by atoms with Crippen molar-refractivity contribution in [3.05, 3.63) is 23.8 Å². The van der Waals surface area contributed by atoms with Gasteiger partial charge in [0, 0.05) is 12.3 Å². The average molecular weight is 303 g/mol. The SMILES string of the molecule is O=C(O)CCCc1ccc2c(c1)NC(=O)C(C1CCCC1)O2. The number of hydrogen-bond donors (Lipinski definition) is 2. The molecule has 1 aliphatic heterocycles. The maximum atomic E-state index is 12.2. The third-order valence-corrected chi connectivity index (χ3v) is 4.50. The molecule has 1 fully saturated rings. The molecule has 1 aromatic rings. The number of fused-ring (bicyclic) bond motifs is 1. The number of ether oxygens (including phenoxy) is 1. The lowest BCUT2D eigenvalue weighted by Crippen LogP contribution is -2.41. The quantitative estimate of drug-likeness (QED) is 0.877. The van der Waals surface area contributed by atoms with Crippen molar-refractivity contribution in [1.82, 2.24) is 0 Å². The maximum Gasteiger partial charge on any atom is 0.303 e. The van der Waals surface area contributed by atoms with E-state index in [-0.39, 0.29) is 18.4 Å². The van der Waals surface area contributed by atoms with E-state index in [4.69, 9.17) is 9.84 Å². The summed E-state index contributed by atoms with van der Waals surface area (Å²) in [5.74, 6) is 0.206. The molecule has 1 unspecified atom stereocenters. The summed E-state index contributed by atoms with van der Waals surface area (Å²) in [5.41, 5.74) is 1.72. The Morgan fingerprint density at radius 3 is 2.82 bits per heavy atom. The number of amides is 1. The number of hydrogen-bond acceptors (Lipinski definition) is 3. The van der Waals surface area contributed by atoms with Gasteiger partial charge in [-0.05, 0) is 43.4 Å². The standard InChI is InChI=1S/C17H21NO4/c19-15(20)7-3-4-11-8-9-14-13(10-11)18-17(21)16(22-14)12-5-1-2-6-12/h8-10,12,16H,1-7H2,(H,18,21)(H,19,20). The minimum atomic E-state index is -0.783. The van der Waals surface area contributed by atoms with E-state index in [1.807, 2.05) is 18.2 Å². The van der Waals surface area contributed by atoms with Crippen molar-refractivity contribution in [2.45, 2.75) is 51.0 Å². The smallest absolute Gasteiger partial charge is 0.303 e. The molecule has 0 spiro atoms. The Morgan fingerprint density at radius 2 is 2.09 bits per heavy atom. The van der Waals surface area contributed by atoms with Crippen molar-refractivity contribution in [2.24, 2.45) is 5.92 Å². The van der Waals surface area contributed by atoms with Gasteiger partial charge in [-0.15, -0.1) is 0 Å². The maximum absolute atomic E-state index is 12.2. The minimum Gasteiger partial charge on any atom is -0.481 e. The second-order valence-electron chi connectivity index (χ2n) is 6.15. The summed E-state index contributed by atoms with van der Waals surface area (Å²) < 4.78 is 5.92. The monoisotopic (exact) mass is 303 g/mol. The number of carbonyl (C=O) groups excluding carboxylic acids is 1. The molecular formula is C17H21NO4. The number of nitrogens with one attached hydrogen (secondary N) is 1. The van der Waals surface area contributed by atoms with E-state index >= 15 is 0 Å². The predicted octanol–water partition coefficient (Wildman–Crippen LogP) is 2.98. The van der Waals surface area contributed by atoms with Crippen LogP contribution in [0.3, 0.4) is 0 Å². The van der Waals surface area contributed by atoms with Crippen molar-refractivity contribution in [1.29, 1.82) is 0 Å². The fourth-order valence-electron chi connectivity index (χ4n) is 3.34. The Hall–Kier alpha value is -2.04. The van der Waals surface area contributed by atoms with Gasteiger partial charge in [0.2, 0.25) is 0 Å². The fourth-order valence-corrected chi connectivity index (χ4v) is 3.34. The molecule has 0 bridgehead atoms. The summed E-state index contributed by atoms with van der Waals surface area (Å²) in [6, 6.07) is 5.72. The lowest BCUT2D eigenvalue weighted by Gasteiger charge is -2.29. The summed E-state index contributed by atoms with van der Waals surface area (Å²) in [4.78, 5) is 22.8. The van der Waals surface area contributed by atoms with Crippen LogP contribution in [0, 0.1) is 5.92 Å². The van der Waals surface area contributed by atoms with Crippen molar-refractivity contribution in [3.8, 4) is 5.75 Å². The van der Waals surface area contributed by atoms with Gasteiger partial charge in [0.05, 0.1) is 5.69 Å². The van der Waals surface area contributed by atoms with Crippen molar-refractivity contribution in [2.75, 3.05) is 5.32 Å². The Kier molecular flexibility index (Phi) is 4.32. The summed E-state index contributed by atoms with van der Waals surface area (Å²) in [5, 5.41) is 11.6. The number of anilines is 1. The van der Waals surface area contributed by atoms with E-state index in [9.17, 15) is 9.59 Å². The highest BCUT2D eigenvalue weighted by molar-refractivity contribution is 5.98. The van der Waals surface area contributed by atoms with Gasteiger partial charge in [-0.3, -0.25) is 9.59 Å². The van der Waals surface area contributed by atoms with Crippen LogP contribution >= 0.6 is 0 Å². The lowest BCUT2D eigenvalue weighted by molar-refractivity contribution is -0.137. The summed E-state index contributed by atoms with van der Waals surface area (Å²) in [6.45, 7) is 0. The molecule has 2 N–H and O–H groups in total. The number of carboxylic acids is 1. The second-order valence-corrected chi connectivity index (χ2v) is 6.15. The van der Waals surface area contributed by atoms with Crippen molar-refractivity contribution in [3.63, 3.8) is 0 Å². The highest BCUT2D eigenvalue weighted by Crippen LogP contribution is 2.37. The highest BCUT2D eigenvalue weighted by Gasteiger charge is 2.36. The molecule has 1 aliphatic carbocycles. The molecule has 1 saturated carbocycles. The van der Waals surface area contributed by atoms with Crippen LogP contribution in [0.2, 0.25) is 0 Å². The van der Waals surface area contributed by atoms with Gasteiger partial charge < -0.3 is 15.2 Å². The molecule has 0 radical (unpaired) electrons. The molecule has 3 rings (SSSR count). The summed E-state index contributed by atoms with van der Waals surface area (Å²) >= 11 is 0. The van der Waals surface area contributed by atoms with E-state index < -0.39 is 5.97 Å². The third kappa shape index (κ3) is 3.24. The number of aliphatic carboxylic acids is 1. The number of benzene rings is 1. The molecule has 2 aliphatic rings. The number of rotatable bonds is 5. The molecule has 1 atom stereocenters. The van der Waals surface area contributed by atoms with Crippen LogP contribution in [0.1, 0.15) is 44.1 Å². The zero-order chi connectivity index (χ0) is 15.5. The minimum absolute atomic E-state index is 0.0536. The molecular weight excluding hydrogens is 282 g/mol. The second kappa shape index (κ2) is 6.38. The number of carboxylic acid groups (broad SMARTS) is 1. The molecule has 1 aromatic carbocycles. The highest BCUT2D eigenvalue weighted by atomic mass is 16.5. The van der Waals surface area contributed by atoms with Gasteiger partial charge in [-0.25, -0.2) is 0 Å². The summed E-state index contributed by atoms with van der Waals surface area (Å²) in [6.07, 6.45) is 5.52. The first-order valence-electron chi connectivity index (χ1n) is 7.96. The van der Waals surface area contributed by atoms with E-state index in [0.29, 0.717) is 24.4 Å². The molecule has 0 saturated heterocycles. The first-order chi connectivity index (χ1) is 10.6. The normalized spacial score (nSPS) is 21.1. The summed E-state index contributed by atoms with van der Waals surface area (Å²) in [7, 11) is 0. The van der Waals surface area contributed by atoms with E-state index in [1.165, 1.54) is 12.8 Å². The number of carbonyl (C=O) groups is 2. The van der Waals surface area contributed by atoms with Crippen molar-refractivity contribution >= 4 is 17.6 Å². The molecule has 1 heterocycles. The zero-order valence-electron chi connectivity index (χ0n) is 12.5. The average Bonchev–Trinajstić information content (AvgIpc) is 3.00. The predicted molar refractivity (Wildman–Crippen MR) is 82.0 cm³/mol.